The standard InChI is InChI=1S/C22H22N2O/c1-16-9-11-17(12-10-16)20-8-4-14-24(20)21(25)15-19-6-2-5-18-7-3-13-23-22(18)19/h2-3,5-7,9-13,20H,4,8,14-15H2,1H3. The highest BCUT2D eigenvalue weighted by Gasteiger charge is 2.29. The fourth-order valence-corrected chi connectivity index (χ4v) is 3.77. The third kappa shape index (κ3) is 3.14. The summed E-state index contributed by atoms with van der Waals surface area (Å²) in [5.74, 6) is 0.196. The maximum atomic E-state index is 13.0. The lowest BCUT2D eigenvalue weighted by atomic mass is 10.0. The van der Waals surface area contributed by atoms with E-state index in [2.05, 4.69) is 36.2 Å². The Bertz CT molecular complexity index is 896. The molecular formula is C22H22N2O. The number of likely N-dealkylation sites (tertiary alicyclic amines) is 1. The van der Waals surface area contributed by atoms with Gasteiger partial charge in [0.1, 0.15) is 0 Å². The first-order valence-electron chi connectivity index (χ1n) is 8.91. The van der Waals surface area contributed by atoms with E-state index in [9.17, 15) is 4.79 Å². The Kier molecular flexibility index (Phi) is 4.22. The number of aryl methyl sites for hydroxylation is 1. The Morgan fingerprint density at radius 2 is 1.92 bits per heavy atom. The number of para-hydroxylation sites is 1. The molecule has 2 aromatic carbocycles. The van der Waals surface area contributed by atoms with Crippen LogP contribution in [0.15, 0.2) is 60.8 Å². The summed E-state index contributed by atoms with van der Waals surface area (Å²) in [5, 5.41) is 1.09. The van der Waals surface area contributed by atoms with E-state index in [1.165, 1.54) is 11.1 Å². The molecule has 4 rings (SSSR count). The first kappa shape index (κ1) is 15.8. The number of fused-ring (bicyclic) bond motifs is 1. The Hall–Kier alpha value is -2.68. The summed E-state index contributed by atoms with van der Waals surface area (Å²) in [6.45, 7) is 2.93. The normalized spacial score (nSPS) is 17.2. The van der Waals surface area contributed by atoms with E-state index in [0.29, 0.717) is 6.42 Å². The average molecular weight is 330 g/mol. The first-order valence-corrected chi connectivity index (χ1v) is 8.91. The van der Waals surface area contributed by atoms with E-state index in [4.69, 9.17) is 0 Å². The van der Waals surface area contributed by atoms with Crippen molar-refractivity contribution >= 4 is 16.8 Å². The maximum Gasteiger partial charge on any atom is 0.227 e. The summed E-state index contributed by atoms with van der Waals surface area (Å²) in [6, 6.07) is 18.8. The van der Waals surface area contributed by atoms with E-state index in [1.54, 1.807) is 6.20 Å². The molecule has 1 amide bonds. The summed E-state index contributed by atoms with van der Waals surface area (Å²) in [4.78, 5) is 19.5. The van der Waals surface area contributed by atoms with Gasteiger partial charge >= 0.3 is 0 Å². The molecule has 0 radical (unpaired) electrons. The minimum atomic E-state index is 0.196. The second kappa shape index (κ2) is 6.67. The molecule has 25 heavy (non-hydrogen) atoms. The Balaban J connectivity index is 1.58. The molecule has 1 fully saturated rings. The second-order valence-corrected chi connectivity index (χ2v) is 6.82. The van der Waals surface area contributed by atoms with Gasteiger partial charge in [-0.3, -0.25) is 9.78 Å². The Morgan fingerprint density at radius 3 is 2.76 bits per heavy atom. The van der Waals surface area contributed by atoms with Crippen LogP contribution < -0.4 is 0 Å². The summed E-state index contributed by atoms with van der Waals surface area (Å²) < 4.78 is 0. The van der Waals surface area contributed by atoms with Crippen LogP contribution in [0.5, 0.6) is 0 Å². The fourth-order valence-electron chi connectivity index (χ4n) is 3.77. The summed E-state index contributed by atoms with van der Waals surface area (Å²) in [6.07, 6.45) is 4.32. The largest absolute Gasteiger partial charge is 0.335 e. The van der Waals surface area contributed by atoms with Gasteiger partial charge in [-0.1, -0.05) is 54.1 Å². The third-order valence-electron chi connectivity index (χ3n) is 5.09. The number of pyridine rings is 1. The number of hydrogen-bond donors (Lipinski definition) is 0. The predicted octanol–water partition coefficient (Wildman–Crippen LogP) is 4.45. The number of amides is 1. The third-order valence-corrected chi connectivity index (χ3v) is 5.09. The van der Waals surface area contributed by atoms with Gasteiger partial charge in [0, 0.05) is 18.1 Å². The first-order chi connectivity index (χ1) is 12.2. The molecular weight excluding hydrogens is 308 g/mol. The Morgan fingerprint density at radius 1 is 1.12 bits per heavy atom. The molecule has 0 spiro atoms. The van der Waals surface area contributed by atoms with Gasteiger partial charge in [0.2, 0.25) is 5.91 Å². The van der Waals surface area contributed by atoms with Gasteiger partial charge in [-0.15, -0.1) is 0 Å². The van der Waals surface area contributed by atoms with Crippen LogP contribution in [0.1, 0.15) is 35.6 Å². The average Bonchev–Trinajstić information content (AvgIpc) is 3.12. The van der Waals surface area contributed by atoms with Crippen molar-refractivity contribution in [2.24, 2.45) is 0 Å². The van der Waals surface area contributed by atoms with Gasteiger partial charge in [-0.2, -0.15) is 0 Å². The summed E-state index contributed by atoms with van der Waals surface area (Å²) >= 11 is 0. The number of rotatable bonds is 3. The molecule has 1 unspecified atom stereocenters. The molecule has 2 heterocycles. The van der Waals surface area contributed by atoms with Crippen LogP contribution in [0.4, 0.5) is 0 Å². The second-order valence-electron chi connectivity index (χ2n) is 6.82. The predicted molar refractivity (Wildman–Crippen MR) is 100 cm³/mol. The van der Waals surface area contributed by atoms with Crippen LogP contribution in [0, 0.1) is 6.92 Å². The Labute approximate surface area is 148 Å². The molecule has 1 aliphatic rings. The van der Waals surface area contributed by atoms with E-state index in [-0.39, 0.29) is 11.9 Å². The van der Waals surface area contributed by atoms with Crippen LogP contribution in [-0.2, 0) is 11.2 Å². The van der Waals surface area contributed by atoms with Crippen molar-refractivity contribution in [1.29, 1.82) is 0 Å². The van der Waals surface area contributed by atoms with E-state index in [1.807, 2.05) is 35.2 Å². The van der Waals surface area contributed by atoms with Crippen LogP contribution in [-0.4, -0.2) is 22.3 Å². The molecule has 126 valence electrons. The van der Waals surface area contributed by atoms with Gasteiger partial charge in [0.05, 0.1) is 18.0 Å². The van der Waals surface area contributed by atoms with E-state index < -0.39 is 0 Å². The molecule has 1 aliphatic heterocycles. The van der Waals surface area contributed by atoms with Gasteiger partial charge < -0.3 is 4.90 Å². The smallest absolute Gasteiger partial charge is 0.227 e. The zero-order valence-corrected chi connectivity index (χ0v) is 14.5. The zero-order chi connectivity index (χ0) is 17.2. The van der Waals surface area contributed by atoms with Crippen molar-refractivity contribution in [1.82, 2.24) is 9.88 Å². The molecule has 1 atom stereocenters. The lowest BCUT2D eigenvalue weighted by Crippen LogP contribution is -2.31. The number of carbonyl (C=O) groups is 1. The summed E-state index contributed by atoms with van der Waals surface area (Å²) in [5.41, 5.74) is 4.44. The van der Waals surface area contributed by atoms with Crippen molar-refractivity contribution in [3.05, 3.63) is 77.5 Å². The lowest BCUT2D eigenvalue weighted by Gasteiger charge is -2.25. The number of aromatic nitrogens is 1. The van der Waals surface area contributed by atoms with Gasteiger partial charge in [0.15, 0.2) is 0 Å². The fraction of sp³-hybridized carbons (Fsp3) is 0.273. The van der Waals surface area contributed by atoms with Crippen molar-refractivity contribution in [3.8, 4) is 0 Å². The molecule has 3 aromatic rings. The minimum Gasteiger partial charge on any atom is -0.335 e. The highest BCUT2D eigenvalue weighted by molar-refractivity contribution is 5.87. The van der Waals surface area contributed by atoms with Crippen LogP contribution >= 0.6 is 0 Å². The SMILES string of the molecule is Cc1ccc(C2CCCN2C(=O)Cc2cccc3cccnc23)cc1. The molecule has 0 bridgehead atoms. The molecule has 0 N–H and O–H groups in total. The molecule has 1 aromatic heterocycles. The number of hydrogen-bond acceptors (Lipinski definition) is 2. The number of benzene rings is 2. The highest BCUT2D eigenvalue weighted by atomic mass is 16.2. The monoisotopic (exact) mass is 330 g/mol. The quantitative estimate of drug-likeness (QED) is 0.711. The summed E-state index contributed by atoms with van der Waals surface area (Å²) in [7, 11) is 0. The van der Waals surface area contributed by atoms with E-state index in [0.717, 1.165) is 35.9 Å². The molecule has 3 heteroatoms. The van der Waals surface area contributed by atoms with Gasteiger partial charge in [-0.05, 0) is 37.0 Å². The van der Waals surface area contributed by atoms with Gasteiger partial charge in [0.25, 0.3) is 0 Å². The molecule has 3 nitrogen and oxygen atoms in total. The molecule has 1 saturated heterocycles. The highest BCUT2D eigenvalue weighted by Crippen LogP contribution is 2.32. The van der Waals surface area contributed by atoms with Crippen molar-refractivity contribution in [2.75, 3.05) is 6.54 Å². The maximum absolute atomic E-state index is 13.0. The topological polar surface area (TPSA) is 33.2 Å². The van der Waals surface area contributed by atoms with Crippen molar-refractivity contribution in [3.63, 3.8) is 0 Å². The molecule has 0 saturated carbocycles. The zero-order valence-electron chi connectivity index (χ0n) is 14.5. The van der Waals surface area contributed by atoms with Gasteiger partial charge in [-0.25, -0.2) is 0 Å². The lowest BCUT2D eigenvalue weighted by molar-refractivity contribution is -0.131. The van der Waals surface area contributed by atoms with Crippen LogP contribution in [0.25, 0.3) is 10.9 Å². The number of nitrogens with zero attached hydrogens (tertiary/aromatic N) is 2. The minimum absolute atomic E-state index is 0.196. The van der Waals surface area contributed by atoms with Crippen LogP contribution in [0.2, 0.25) is 0 Å². The molecule has 0 aliphatic carbocycles. The van der Waals surface area contributed by atoms with Crippen molar-refractivity contribution in [2.45, 2.75) is 32.2 Å². The van der Waals surface area contributed by atoms with E-state index >= 15 is 0 Å². The van der Waals surface area contributed by atoms with Crippen molar-refractivity contribution < 1.29 is 4.79 Å². The van der Waals surface area contributed by atoms with Crippen LogP contribution in [0.3, 0.4) is 0 Å². The number of carbonyl (C=O) groups excluding carboxylic acids is 1.